The molecular formula is C27H34BrN3O3. The van der Waals surface area contributed by atoms with E-state index in [1.807, 2.05) is 43.3 Å². The number of hydrogen-bond acceptors (Lipinski definition) is 4. The zero-order valence-corrected chi connectivity index (χ0v) is 21.4. The minimum Gasteiger partial charge on any atom is -0.494 e. The van der Waals surface area contributed by atoms with E-state index in [9.17, 15) is 9.59 Å². The van der Waals surface area contributed by atoms with Crippen molar-refractivity contribution in [2.45, 2.75) is 51.6 Å². The maximum Gasteiger partial charge on any atom is 0.324 e. The van der Waals surface area contributed by atoms with E-state index < -0.39 is 0 Å². The number of nitrogens with one attached hydrogen (secondary N) is 1. The number of imide groups is 1. The lowest BCUT2D eigenvalue weighted by Crippen LogP contribution is -2.54. The number of likely N-dealkylation sites (tertiary alicyclic amines) is 1. The number of carbonyl (C=O) groups is 2. The molecule has 0 radical (unpaired) electrons. The van der Waals surface area contributed by atoms with Crippen LogP contribution in [0.5, 0.6) is 5.75 Å². The summed E-state index contributed by atoms with van der Waals surface area (Å²) in [4.78, 5) is 29.0. The van der Waals surface area contributed by atoms with Crippen LogP contribution in [-0.2, 0) is 17.8 Å². The first-order valence-corrected chi connectivity index (χ1v) is 13.1. The van der Waals surface area contributed by atoms with Crippen LogP contribution in [-0.4, -0.2) is 54.0 Å². The summed E-state index contributed by atoms with van der Waals surface area (Å²) in [5, 5.41) is 3.04. The number of rotatable bonds is 9. The van der Waals surface area contributed by atoms with E-state index in [1.54, 1.807) is 0 Å². The van der Waals surface area contributed by atoms with E-state index >= 15 is 0 Å². The molecule has 1 N–H and O–H groups in total. The Kier molecular flexibility index (Phi) is 8.62. The maximum atomic E-state index is 12.6. The fourth-order valence-corrected chi connectivity index (χ4v) is 5.27. The van der Waals surface area contributed by atoms with Gasteiger partial charge in [0.15, 0.2) is 0 Å². The molecule has 34 heavy (non-hydrogen) atoms. The number of halogens is 1. The summed E-state index contributed by atoms with van der Waals surface area (Å²) in [5.74, 6) is 1.51. The molecule has 182 valence electrons. The minimum atomic E-state index is -0.274. The first-order chi connectivity index (χ1) is 16.5. The van der Waals surface area contributed by atoms with Gasteiger partial charge < -0.3 is 15.0 Å². The molecule has 4 rings (SSSR count). The summed E-state index contributed by atoms with van der Waals surface area (Å²) < 4.78 is 6.81. The van der Waals surface area contributed by atoms with Crippen molar-refractivity contribution in [2.24, 2.45) is 5.92 Å². The van der Waals surface area contributed by atoms with Gasteiger partial charge in [-0.1, -0.05) is 46.3 Å². The summed E-state index contributed by atoms with van der Waals surface area (Å²) in [5.41, 5.74) is 2.27. The number of benzene rings is 2. The summed E-state index contributed by atoms with van der Waals surface area (Å²) in [6.45, 7) is 6.04. The molecule has 2 fully saturated rings. The van der Waals surface area contributed by atoms with Gasteiger partial charge in [0.1, 0.15) is 5.75 Å². The Hall–Kier alpha value is -2.38. The van der Waals surface area contributed by atoms with Crippen LogP contribution in [0.2, 0.25) is 0 Å². The number of urea groups is 1. The molecule has 6 nitrogen and oxygen atoms in total. The van der Waals surface area contributed by atoms with Crippen LogP contribution in [0, 0.1) is 5.92 Å². The van der Waals surface area contributed by atoms with E-state index in [0.717, 1.165) is 61.1 Å². The summed E-state index contributed by atoms with van der Waals surface area (Å²) in [7, 11) is 0. The molecule has 7 heteroatoms. The lowest BCUT2D eigenvalue weighted by molar-refractivity contribution is -0.130. The Morgan fingerprint density at radius 3 is 2.56 bits per heavy atom. The van der Waals surface area contributed by atoms with E-state index in [1.165, 1.54) is 10.5 Å². The minimum absolute atomic E-state index is 0.0815. The molecule has 0 aliphatic carbocycles. The highest BCUT2D eigenvalue weighted by Crippen LogP contribution is 2.29. The number of ether oxygens (including phenoxy) is 1. The van der Waals surface area contributed by atoms with E-state index in [-0.39, 0.29) is 18.0 Å². The summed E-state index contributed by atoms with van der Waals surface area (Å²) >= 11 is 3.69. The zero-order chi connectivity index (χ0) is 23.9. The van der Waals surface area contributed by atoms with Crippen LogP contribution in [0.25, 0.3) is 0 Å². The third-order valence-electron chi connectivity index (χ3n) is 6.82. The Morgan fingerprint density at radius 1 is 1.09 bits per heavy atom. The third-order valence-corrected chi connectivity index (χ3v) is 7.59. The van der Waals surface area contributed by atoms with Crippen molar-refractivity contribution in [3.63, 3.8) is 0 Å². The lowest BCUT2D eigenvalue weighted by Gasteiger charge is -2.35. The number of piperidine rings is 1. The molecule has 2 aromatic carbocycles. The van der Waals surface area contributed by atoms with E-state index in [4.69, 9.17) is 4.74 Å². The van der Waals surface area contributed by atoms with Crippen LogP contribution in [0.1, 0.15) is 43.7 Å². The highest BCUT2D eigenvalue weighted by Gasteiger charge is 2.32. The Bertz CT molecular complexity index is 958. The molecule has 3 amide bonds. The molecule has 0 spiro atoms. The third kappa shape index (κ3) is 6.60. The second-order valence-corrected chi connectivity index (χ2v) is 10.1. The standard InChI is InChI=1S/C27H34BrN3O3/c1-2-34-24-8-9-25(28)22(17-24)16-20-10-13-30(14-11-20)15-12-23-18-26(32)31(27(33)29-23)19-21-6-4-3-5-7-21/h3-9,17,20,23H,2,10-16,18-19H2,1H3,(H,29,33). The molecule has 2 aliphatic rings. The predicted molar refractivity (Wildman–Crippen MR) is 137 cm³/mol. The molecule has 2 aliphatic heterocycles. The van der Waals surface area contributed by atoms with Gasteiger partial charge in [-0.15, -0.1) is 0 Å². The van der Waals surface area contributed by atoms with Crippen molar-refractivity contribution in [2.75, 3.05) is 26.2 Å². The van der Waals surface area contributed by atoms with Gasteiger partial charge in [-0.2, -0.15) is 0 Å². The van der Waals surface area contributed by atoms with Crippen LogP contribution in [0.3, 0.4) is 0 Å². The van der Waals surface area contributed by atoms with Gasteiger partial charge in [-0.25, -0.2) is 4.79 Å². The Labute approximate surface area is 210 Å². The summed E-state index contributed by atoms with van der Waals surface area (Å²) in [6, 6.07) is 15.5. The fraction of sp³-hybridized carbons (Fsp3) is 0.481. The van der Waals surface area contributed by atoms with Crippen LogP contribution in [0.4, 0.5) is 4.79 Å². The molecule has 2 aromatic rings. The van der Waals surface area contributed by atoms with Crippen molar-refractivity contribution in [1.29, 1.82) is 0 Å². The predicted octanol–water partition coefficient (Wildman–Crippen LogP) is 5.00. The highest BCUT2D eigenvalue weighted by molar-refractivity contribution is 9.10. The molecule has 1 unspecified atom stereocenters. The fourth-order valence-electron chi connectivity index (χ4n) is 4.87. The molecule has 2 saturated heterocycles. The van der Waals surface area contributed by atoms with E-state index in [2.05, 4.69) is 38.3 Å². The molecule has 1 atom stereocenters. The van der Waals surface area contributed by atoms with Crippen molar-refractivity contribution in [1.82, 2.24) is 15.1 Å². The average Bonchev–Trinajstić information content (AvgIpc) is 2.84. The van der Waals surface area contributed by atoms with Gasteiger partial charge in [0.2, 0.25) is 5.91 Å². The smallest absolute Gasteiger partial charge is 0.324 e. The largest absolute Gasteiger partial charge is 0.494 e. The SMILES string of the molecule is CCOc1ccc(Br)c(CC2CCN(CCC3CC(=O)N(Cc4ccccc4)C(=O)N3)CC2)c1. The van der Waals surface area contributed by atoms with Gasteiger partial charge in [0.25, 0.3) is 0 Å². The highest BCUT2D eigenvalue weighted by atomic mass is 79.9. The topological polar surface area (TPSA) is 61.9 Å². The number of carbonyl (C=O) groups excluding carboxylic acids is 2. The second kappa shape index (κ2) is 11.8. The van der Waals surface area contributed by atoms with Crippen LogP contribution in [0.15, 0.2) is 53.0 Å². The molecule has 0 aromatic heterocycles. The normalized spacial score (nSPS) is 19.8. The number of amides is 3. The Morgan fingerprint density at radius 2 is 1.85 bits per heavy atom. The molecule has 2 heterocycles. The maximum absolute atomic E-state index is 12.6. The lowest BCUT2D eigenvalue weighted by atomic mass is 9.90. The van der Waals surface area contributed by atoms with Crippen molar-refractivity contribution >= 4 is 27.9 Å². The van der Waals surface area contributed by atoms with Crippen molar-refractivity contribution < 1.29 is 14.3 Å². The van der Waals surface area contributed by atoms with Gasteiger partial charge in [-0.05, 0) is 80.9 Å². The van der Waals surface area contributed by atoms with Gasteiger partial charge >= 0.3 is 6.03 Å². The monoisotopic (exact) mass is 527 g/mol. The summed E-state index contributed by atoms with van der Waals surface area (Å²) in [6.07, 6.45) is 4.56. The van der Waals surface area contributed by atoms with Crippen LogP contribution < -0.4 is 10.1 Å². The quantitative estimate of drug-likeness (QED) is 0.498. The van der Waals surface area contributed by atoms with Gasteiger partial charge in [0.05, 0.1) is 13.2 Å². The number of hydrogen-bond donors (Lipinski definition) is 1. The first kappa shape index (κ1) is 24.7. The first-order valence-electron chi connectivity index (χ1n) is 12.3. The van der Waals surface area contributed by atoms with Crippen LogP contribution >= 0.6 is 15.9 Å². The van der Waals surface area contributed by atoms with E-state index in [0.29, 0.717) is 25.5 Å². The second-order valence-electron chi connectivity index (χ2n) is 9.28. The molecule has 0 saturated carbocycles. The molecule has 0 bridgehead atoms. The van der Waals surface area contributed by atoms with Gasteiger partial charge in [-0.3, -0.25) is 9.69 Å². The number of nitrogens with zero attached hydrogens (tertiary/aromatic N) is 2. The van der Waals surface area contributed by atoms with Crippen molar-refractivity contribution in [3.05, 3.63) is 64.1 Å². The average molecular weight is 528 g/mol. The Balaban J connectivity index is 1.20. The molecular weight excluding hydrogens is 494 g/mol. The van der Waals surface area contributed by atoms with Gasteiger partial charge in [0, 0.05) is 23.5 Å². The zero-order valence-electron chi connectivity index (χ0n) is 19.8. The van der Waals surface area contributed by atoms with Crippen molar-refractivity contribution in [3.8, 4) is 5.75 Å².